The summed E-state index contributed by atoms with van der Waals surface area (Å²) in [6.45, 7) is 0. The predicted octanol–water partition coefficient (Wildman–Crippen LogP) is 19.0. The molecular formula is C74H50N2. The maximum atomic E-state index is 2.63. The number of hydrogen-bond acceptors (Lipinski definition) is 2. The second kappa shape index (κ2) is 17.4. The van der Waals surface area contributed by atoms with E-state index in [0.29, 0.717) is 0 Å². The molecule has 0 saturated carbocycles. The van der Waals surface area contributed by atoms with Crippen LogP contribution in [0.15, 0.2) is 303 Å². The number of anilines is 6. The Morgan fingerprint density at radius 3 is 1.16 bits per heavy atom. The van der Waals surface area contributed by atoms with E-state index in [4.69, 9.17) is 0 Å². The third-order valence-electron chi connectivity index (χ3n) is 16.5. The summed E-state index contributed by atoms with van der Waals surface area (Å²) in [6.07, 6.45) is 0. The number of rotatable bonds is 8. The maximum absolute atomic E-state index is 2.63. The standard InChI is InChI=1S/C74H50N2/c1-5-27-51(28-6-1)55-35-13-14-36-56(55)57-37-17-22-46-66(57)76(69-49-25-44-64-71(69)58-38-15-18-40-60(58)73(64,52-29-7-2-8-30-52)53-31-9-3-10-32-53)70-50-26-45-65-72(70)59-39-16-19-41-61(59)74(65)62-42-20-23-47-67(62)75(54-33-11-4-12-34-54)68-48-24-21-43-63(68)74/h1-50H. The van der Waals surface area contributed by atoms with Gasteiger partial charge in [0.05, 0.1) is 39.3 Å². The Bertz CT molecular complexity index is 4090. The van der Waals surface area contributed by atoms with Crippen LogP contribution in [0.3, 0.4) is 0 Å². The molecule has 0 fully saturated rings. The molecule has 0 bridgehead atoms. The van der Waals surface area contributed by atoms with Crippen LogP contribution in [0.2, 0.25) is 0 Å². The van der Waals surface area contributed by atoms with Gasteiger partial charge in [0, 0.05) is 22.4 Å². The van der Waals surface area contributed by atoms with E-state index in [-0.39, 0.29) is 0 Å². The highest BCUT2D eigenvalue weighted by Gasteiger charge is 2.53. The largest absolute Gasteiger partial charge is 0.310 e. The van der Waals surface area contributed by atoms with Crippen LogP contribution in [0.4, 0.5) is 34.1 Å². The second-order valence-electron chi connectivity index (χ2n) is 20.2. The van der Waals surface area contributed by atoms with Crippen molar-refractivity contribution < 1.29 is 0 Å². The Morgan fingerprint density at radius 2 is 0.605 bits per heavy atom. The first-order valence-electron chi connectivity index (χ1n) is 26.4. The highest BCUT2D eigenvalue weighted by Crippen LogP contribution is 2.67. The Labute approximate surface area is 444 Å². The summed E-state index contributed by atoms with van der Waals surface area (Å²) in [5, 5.41) is 0. The van der Waals surface area contributed by atoms with E-state index < -0.39 is 10.8 Å². The van der Waals surface area contributed by atoms with Crippen molar-refractivity contribution in [3.63, 3.8) is 0 Å². The molecule has 0 saturated heterocycles. The van der Waals surface area contributed by atoms with Crippen molar-refractivity contribution in [2.75, 3.05) is 9.80 Å². The minimum atomic E-state index is -0.646. The normalized spacial score (nSPS) is 13.7. The van der Waals surface area contributed by atoms with Crippen molar-refractivity contribution in [2.24, 2.45) is 0 Å². The lowest BCUT2D eigenvalue weighted by atomic mass is 9.64. The molecule has 0 atom stereocenters. The lowest BCUT2D eigenvalue weighted by Gasteiger charge is -2.45. The van der Waals surface area contributed by atoms with Crippen molar-refractivity contribution >= 4 is 34.1 Å². The Morgan fingerprint density at radius 1 is 0.237 bits per heavy atom. The summed E-state index contributed by atoms with van der Waals surface area (Å²) in [5.41, 5.74) is 25.3. The summed E-state index contributed by atoms with van der Waals surface area (Å²) in [7, 11) is 0. The van der Waals surface area contributed by atoms with Crippen molar-refractivity contribution in [1.29, 1.82) is 0 Å². The van der Waals surface area contributed by atoms with E-state index in [1.54, 1.807) is 0 Å². The number of hydrogen-bond donors (Lipinski definition) is 0. The third kappa shape index (κ3) is 6.16. The SMILES string of the molecule is c1ccc(-c2ccccc2-c2ccccc2N(c2cccc3c2-c2ccccc2C3(c2ccccc2)c2ccccc2)c2cccc3c2-c2ccccc2C32c3ccccc3N(c3ccccc3)c3ccccc32)cc1. The molecule has 0 amide bonds. The number of fused-ring (bicyclic) bond motifs is 12. The van der Waals surface area contributed by atoms with Gasteiger partial charge in [-0.05, 0) is 115 Å². The number of para-hydroxylation sites is 4. The summed E-state index contributed by atoms with van der Waals surface area (Å²) >= 11 is 0. The van der Waals surface area contributed by atoms with Gasteiger partial charge >= 0.3 is 0 Å². The second-order valence-corrected chi connectivity index (χ2v) is 20.2. The highest BCUT2D eigenvalue weighted by molar-refractivity contribution is 6.06. The van der Waals surface area contributed by atoms with Gasteiger partial charge in [-0.3, -0.25) is 0 Å². The first-order valence-corrected chi connectivity index (χ1v) is 26.4. The van der Waals surface area contributed by atoms with Crippen molar-refractivity contribution in [1.82, 2.24) is 0 Å². The molecule has 0 aromatic heterocycles. The van der Waals surface area contributed by atoms with E-state index in [2.05, 4.69) is 313 Å². The van der Waals surface area contributed by atoms with Crippen molar-refractivity contribution in [3.8, 4) is 44.5 Å². The zero-order valence-electron chi connectivity index (χ0n) is 41.8. The molecule has 0 radical (unpaired) electrons. The van der Waals surface area contributed by atoms with Crippen LogP contribution in [0, 0.1) is 0 Å². The van der Waals surface area contributed by atoms with Crippen LogP contribution in [0.25, 0.3) is 44.5 Å². The first-order chi connectivity index (χ1) is 37.8. The van der Waals surface area contributed by atoms with Crippen LogP contribution in [-0.2, 0) is 10.8 Å². The van der Waals surface area contributed by atoms with Gasteiger partial charge < -0.3 is 9.80 Å². The van der Waals surface area contributed by atoms with Crippen LogP contribution >= 0.6 is 0 Å². The van der Waals surface area contributed by atoms with Crippen LogP contribution in [0.5, 0.6) is 0 Å². The smallest absolute Gasteiger partial charge is 0.0755 e. The Kier molecular flexibility index (Phi) is 10.0. The molecule has 12 aromatic carbocycles. The van der Waals surface area contributed by atoms with Crippen molar-refractivity contribution in [3.05, 3.63) is 348 Å². The lowest BCUT2D eigenvalue weighted by molar-refractivity contribution is 0.752. The number of nitrogens with zero attached hydrogens (tertiary/aromatic N) is 2. The average Bonchev–Trinajstić information content (AvgIpc) is 4.08. The van der Waals surface area contributed by atoms with Gasteiger partial charge in [0.15, 0.2) is 0 Å². The fourth-order valence-corrected chi connectivity index (χ4v) is 13.7. The minimum absolute atomic E-state index is 0.592. The van der Waals surface area contributed by atoms with E-state index >= 15 is 0 Å². The topological polar surface area (TPSA) is 6.48 Å². The molecule has 2 heteroatoms. The van der Waals surface area contributed by atoms with Crippen LogP contribution in [0.1, 0.15) is 44.5 Å². The quantitative estimate of drug-likeness (QED) is 0.150. The summed E-state index contributed by atoms with van der Waals surface area (Å²) in [6, 6.07) is 113. The van der Waals surface area contributed by atoms with Gasteiger partial charge in [0.1, 0.15) is 0 Å². The molecular weight excluding hydrogens is 917 g/mol. The van der Waals surface area contributed by atoms with Gasteiger partial charge in [0.2, 0.25) is 0 Å². The van der Waals surface area contributed by atoms with Crippen molar-refractivity contribution in [2.45, 2.75) is 10.8 Å². The summed E-state index contributed by atoms with van der Waals surface area (Å²) < 4.78 is 0. The van der Waals surface area contributed by atoms with E-state index in [0.717, 1.165) is 28.3 Å². The van der Waals surface area contributed by atoms with E-state index in [1.165, 1.54) is 94.8 Å². The van der Waals surface area contributed by atoms with E-state index in [9.17, 15) is 0 Å². The monoisotopic (exact) mass is 966 g/mol. The summed E-state index contributed by atoms with van der Waals surface area (Å²) in [5.74, 6) is 0. The molecule has 12 aromatic rings. The minimum Gasteiger partial charge on any atom is -0.310 e. The van der Waals surface area contributed by atoms with E-state index in [1.807, 2.05) is 0 Å². The van der Waals surface area contributed by atoms with Gasteiger partial charge in [0.25, 0.3) is 0 Å². The third-order valence-corrected chi connectivity index (χ3v) is 16.5. The Hall–Kier alpha value is -9.76. The molecule has 1 aliphatic heterocycles. The Balaban J connectivity index is 1.07. The fraction of sp³-hybridized carbons (Fsp3) is 0.0270. The number of benzene rings is 12. The molecule has 3 aliphatic rings. The van der Waals surface area contributed by atoms with Gasteiger partial charge in [-0.25, -0.2) is 0 Å². The molecule has 2 nitrogen and oxygen atoms in total. The maximum Gasteiger partial charge on any atom is 0.0755 e. The van der Waals surface area contributed by atoms with Crippen LogP contribution in [-0.4, -0.2) is 0 Å². The fourth-order valence-electron chi connectivity index (χ4n) is 13.7. The zero-order chi connectivity index (χ0) is 50.2. The predicted molar refractivity (Wildman–Crippen MR) is 315 cm³/mol. The summed E-state index contributed by atoms with van der Waals surface area (Å²) in [4.78, 5) is 5.09. The van der Waals surface area contributed by atoms with Crippen LogP contribution < -0.4 is 9.80 Å². The molecule has 0 unspecified atom stereocenters. The molecule has 2 aliphatic carbocycles. The molecule has 0 N–H and O–H groups in total. The zero-order valence-corrected chi connectivity index (χ0v) is 41.8. The van der Waals surface area contributed by atoms with Gasteiger partial charge in [-0.1, -0.05) is 261 Å². The molecule has 356 valence electrons. The highest BCUT2D eigenvalue weighted by atomic mass is 15.2. The molecule has 1 spiro atoms. The average molecular weight is 967 g/mol. The van der Waals surface area contributed by atoms with Gasteiger partial charge in [-0.2, -0.15) is 0 Å². The van der Waals surface area contributed by atoms with Gasteiger partial charge in [-0.15, -0.1) is 0 Å². The molecule has 15 rings (SSSR count). The molecule has 76 heavy (non-hydrogen) atoms. The molecule has 1 heterocycles. The first kappa shape index (κ1) is 43.8. The lowest BCUT2D eigenvalue weighted by Crippen LogP contribution is -2.36.